The maximum Gasteiger partial charge on any atom is 0.336 e. The molecule has 1 aromatic heterocycles. The first-order chi connectivity index (χ1) is 12.5. The van der Waals surface area contributed by atoms with E-state index in [1.54, 1.807) is 36.4 Å². The van der Waals surface area contributed by atoms with E-state index in [0.717, 1.165) is 0 Å². The van der Waals surface area contributed by atoms with Crippen molar-refractivity contribution in [1.82, 2.24) is 0 Å². The van der Waals surface area contributed by atoms with Gasteiger partial charge in [-0.1, -0.05) is 29.3 Å². The molecule has 2 heterocycles. The number of nitrogens with two attached hydrogens (primary N) is 1. The van der Waals surface area contributed by atoms with Gasteiger partial charge in [0.05, 0.1) is 11.5 Å². The molecule has 0 bridgehead atoms. The van der Waals surface area contributed by atoms with E-state index in [2.05, 4.69) is 6.07 Å². The largest absolute Gasteiger partial charge is 0.440 e. The lowest BCUT2D eigenvalue weighted by Crippen LogP contribution is -2.22. The second-order valence-electron chi connectivity index (χ2n) is 5.71. The quantitative estimate of drug-likeness (QED) is 0.631. The minimum atomic E-state index is -0.723. The van der Waals surface area contributed by atoms with Crippen molar-refractivity contribution >= 4 is 34.2 Å². The Bertz CT molecular complexity index is 1170. The van der Waals surface area contributed by atoms with Gasteiger partial charge < -0.3 is 14.9 Å². The Morgan fingerprint density at radius 2 is 1.73 bits per heavy atom. The molecule has 1 aliphatic heterocycles. The van der Waals surface area contributed by atoms with Crippen LogP contribution < -0.4 is 16.1 Å². The van der Waals surface area contributed by atoms with E-state index >= 15 is 0 Å². The lowest BCUT2D eigenvalue weighted by atomic mass is 9.82. The van der Waals surface area contributed by atoms with Gasteiger partial charge in [0.1, 0.15) is 23.0 Å². The Kier molecular flexibility index (Phi) is 3.87. The molecule has 1 aliphatic rings. The molecule has 128 valence electrons. The first-order valence-corrected chi connectivity index (χ1v) is 8.35. The highest BCUT2D eigenvalue weighted by Gasteiger charge is 2.35. The number of allylic oxidation sites excluding steroid dienone is 1. The van der Waals surface area contributed by atoms with Gasteiger partial charge in [-0.05, 0) is 30.3 Å². The van der Waals surface area contributed by atoms with Crippen molar-refractivity contribution < 1.29 is 9.15 Å². The van der Waals surface area contributed by atoms with Gasteiger partial charge in [0.15, 0.2) is 0 Å². The fourth-order valence-electron chi connectivity index (χ4n) is 3.15. The highest BCUT2D eigenvalue weighted by Crippen LogP contribution is 2.48. The summed E-state index contributed by atoms with van der Waals surface area (Å²) in [4.78, 5) is 11.8. The molecule has 1 atom stereocenters. The minimum absolute atomic E-state index is 0.0429. The predicted octanol–water partition coefficient (Wildman–Crippen LogP) is 4.32. The molecule has 4 rings (SSSR count). The summed E-state index contributed by atoms with van der Waals surface area (Å²) in [6.07, 6.45) is 0. The lowest BCUT2D eigenvalue weighted by molar-refractivity contribution is 0.392. The number of nitriles is 1. The first kappa shape index (κ1) is 16.5. The number of halogens is 2. The number of rotatable bonds is 1. The zero-order valence-electron chi connectivity index (χ0n) is 13.1. The minimum Gasteiger partial charge on any atom is -0.440 e. The molecule has 0 amide bonds. The molecule has 0 saturated heterocycles. The molecule has 7 heteroatoms. The average molecular weight is 385 g/mol. The first-order valence-electron chi connectivity index (χ1n) is 7.59. The van der Waals surface area contributed by atoms with E-state index in [0.29, 0.717) is 37.9 Å². The van der Waals surface area contributed by atoms with Crippen LogP contribution in [0, 0.1) is 11.3 Å². The van der Waals surface area contributed by atoms with Crippen molar-refractivity contribution in [2.75, 3.05) is 0 Å². The van der Waals surface area contributed by atoms with Gasteiger partial charge in [-0.25, -0.2) is 4.79 Å². The van der Waals surface area contributed by atoms with Crippen LogP contribution in [0.15, 0.2) is 63.1 Å². The summed E-state index contributed by atoms with van der Waals surface area (Å²) in [5.41, 5.74) is 6.88. The van der Waals surface area contributed by atoms with Gasteiger partial charge in [0.2, 0.25) is 5.88 Å². The van der Waals surface area contributed by atoms with E-state index in [-0.39, 0.29) is 11.5 Å². The topological polar surface area (TPSA) is 89.3 Å². The van der Waals surface area contributed by atoms with Crippen LogP contribution in [0.5, 0.6) is 5.75 Å². The predicted molar refractivity (Wildman–Crippen MR) is 98.2 cm³/mol. The summed E-state index contributed by atoms with van der Waals surface area (Å²) in [5, 5.41) is 11.1. The molecule has 0 unspecified atom stereocenters. The van der Waals surface area contributed by atoms with Crippen molar-refractivity contribution in [2.24, 2.45) is 5.73 Å². The number of hydrogen-bond donors (Lipinski definition) is 1. The SMILES string of the molecule is N#CC1=C(N)Oc2ccc3ccc(=O)oc3c2[C@H]1c1c(Cl)cccc1Cl. The Morgan fingerprint density at radius 3 is 2.42 bits per heavy atom. The number of benzene rings is 2. The number of nitrogens with zero attached hydrogens (tertiary/aromatic N) is 1. The monoisotopic (exact) mass is 384 g/mol. The summed E-state index contributed by atoms with van der Waals surface area (Å²) >= 11 is 12.8. The van der Waals surface area contributed by atoms with Crippen LogP contribution >= 0.6 is 23.2 Å². The fraction of sp³-hybridized carbons (Fsp3) is 0.0526. The number of hydrogen-bond acceptors (Lipinski definition) is 5. The normalized spacial score (nSPS) is 16.1. The van der Waals surface area contributed by atoms with Gasteiger partial charge in [0.25, 0.3) is 0 Å². The summed E-state index contributed by atoms with van der Waals surface area (Å²) in [6.45, 7) is 0. The van der Waals surface area contributed by atoms with E-state index in [1.807, 2.05) is 0 Å². The smallest absolute Gasteiger partial charge is 0.336 e. The van der Waals surface area contributed by atoms with Gasteiger partial charge in [0, 0.05) is 27.1 Å². The van der Waals surface area contributed by atoms with Crippen molar-refractivity contribution in [2.45, 2.75) is 5.92 Å². The van der Waals surface area contributed by atoms with Gasteiger partial charge in [-0.3, -0.25) is 0 Å². The summed E-state index contributed by atoms with van der Waals surface area (Å²) in [5.74, 6) is -0.387. The van der Waals surface area contributed by atoms with Crippen LogP contribution in [-0.2, 0) is 0 Å². The average Bonchev–Trinajstić information content (AvgIpc) is 2.61. The highest BCUT2D eigenvalue weighted by molar-refractivity contribution is 6.36. The molecule has 0 spiro atoms. The summed E-state index contributed by atoms with van der Waals surface area (Å²) < 4.78 is 11.0. The van der Waals surface area contributed by atoms with Crippen LogP contribution in [0.3, 0.4) is 0 Å². The highest BCUT2D eigenvalue weighted by atomic mass is 35.5. The third-order valence-corrected chi connectivity index (χ3v) is 4.92. The Labute approximate surface area is 157 Å². The van der Waals surface area contributed by atoms with Crippen LogP contribution in [0.4, 0.5) is 0 Å². The summed E-state index contributed by atoms with van der Waals surface area (Å²) in [7, 11) is 0. The Balaban J connectivity index is 2.15. The maximum absolute atomic E-state index is 11.8. The zero-order valence-corrected chi connectivity index (χ0v) is 14.6. The third kappa shape index (κ3) is 2.43. The van der Waals surface area contributed by atoms with E-state index < -0.39 is 11.5 Å². The molecule has 2 N–H and O–H groups in total. The number of fused-ring (bicyclic) bond motifs is 3. The zero-order chi connectivity index (χ0) is 18.4. The van der Waals surface area contributed by atoms with Gasteiger partial charge in [-0.15, -0.1) is 0 Å². The number of ether oxygens (including phenoxy) is 1. The van der Waals surface area contributed by atoms with E-state index in [9.17, 15) is 10.1 Å². The molecule has 0 aliphatic carbocycles. The Hall–Kier alpha value is -2.94. The molecular formula is C19H10Cl2N2O3. The van der Waals surface area contributed by atoms with Crippen LogP contribution in [0.2, 0.25) is 10.0 Å². The lowest BCUT2D eigenvalue weighted by Gasteiger charge is -2.28. The van der Waals surface area contributed by atoms with Crippen molar-refractivity contribution in [3.05, 3.63) is 85.5 Å². The van der Waals surface area contributed by atoms with Crippen LogP contribution in [0.25, 0.3) is 11.0 Å². The molecule has 26 heavy (non-hydrogen) atoms. The standard InChI is InChI=1S/C19H10Cl2N2O3/c20-11-2-1-3-12(21)16(11)15-10(8-22)19(23)25-13-6-4-9-5-7-14(24)26-18(9)17(13)15/h1-7,15H,23H2/t15-/m1/s1. The van der Waals surface area contributed by atoms with Crippen LogP contribution in [-0.4, -0.2) is 0 Å². The van der Waals surface area contributed by atoms with Gasteiger partial charge >= 0.3 is 5.63 Å². The van der Waals surface area contributed by atoms with E-state index in [1.165, 1.54) is 6.07 Å². The van der Waals surface area contributed by atoms with Crippen molar-refractivity contribution in [3.63, 3.8) is 0 Å². The van der Waals surface area contributed by atoms with Crippen molar-refractivity contribution in [3.8, 4) is 11.8 Å². The molecule has 0 radical (unpaired) electrons. The second kappa shape index (κ2) is 6.10. The van der Waals surface area contributed by atoms with Gasteiger partial charge in [-0.2, -0.15) is 5.26 Å². The Morgan fingerprint density at radius 1 is 1.04 bits per heavy atom. The molecule has 2 aromatic carbocycles. The van der Waals surface area contributed by atoms with E-state index in [4.69, 9.17) is 38.1 Å². The maximum atomic E-state index is 11.8. The van der Waals surface area contributed by atoms with Crippen molar-refractivity contribution in [1.29, 1.82) is 5.26 Å². The second-order valence-corrected chi connectivity index (χ2v) is 6.52. The molecule has 5 nitrogen and oxygen atoms in total. The molecule has 0 fully saturated rings. The molecule has 0 saturated carbocycles. The third-order valence-electron chi connectivity index (χ3n) is 4.26. The van der Waals surface area contributed by atoms with Crippen LogP contribution in [0.1, 0.15) is 17.0 Å². The summed E-state index contributed by atoms with van der Waals surface area (Å²) in [6, 6.07) is 13.5. The molecular weight excluding hydrogens is 375 g/mol. The molecule has 3 aromatic rings. The fourth-order valence-corrected chi connectivity index (χ4v) is 3.77.